The first-order chi connectivity index (χ1) is 13.0. The highest BCUT2D eigenvalue weighted by atomic mass is 35.5. The molecule has 1 aliphatic rings. The summed E-state index contributed by atoms with van der Waals surface area (Å²) in [5.41, 5.74) is 1.64. The van der Waals surface area contributed by atoms with Crippen LogP contribution in [-0.2, 0) is 0 Å². The molecule has 1 aromatic heterocycles. The molecule has 1 aliphatic heterocycles. The van der Waals surface area contributed by atoms with Gasteiger partial charge in [-0.05, 0) is 44.4 Å². The summed E-state index contributed by atoms with van der Waals surface area (Å²) in [5, 5.41) is 9.32. The number of nitrogens with one attached hydrogen (secondary N) is 3. The molecule has 144 valence electrons. The van der Waals surface area contributed by atoms with Gasteiger partial charge in [0.25, 0.3) is 0 Å². The summed E-state index contributed by atoms with van der Waals surface area (Å²) in [6, 6.07) is 7.18. The molecule has 0 aliphatic carbocycles. The van der Waals surface area contributed by atoms with E-state index in [0.29, 0.717) is 23.8 Å². The lowest BCUT2D eigenvalue weighted by Crippen LogP contribution is -2.32. The maximum Gasteiger partial charge on any atom is 0.319 e. The van der Waals surface area contributed by atoms with E-state index in [4.69, 9.17) is 11.6 Å². The van der Waals surface area contributed by atoms with Crippen LogP contribution in [0.1, 0.15) is 24.2 Å². The Kier molecular flexibility index (Phi) is 6.34. The zero-order valence-electron chi connectivity index (χ0n) is 15.7. The smallest absolute Gasteiger partial charge is 0.319 e. The molecule has 0 atom stereocenters. The number of amides is 2. The van der Waals surface area contributed by atoms with E-state index in [2.05, 4.69) is 30.8 Å². The van der Waals surface area contributed by atoms with Crippen LogP contribution >= 0.6 is 11.6 Å². The molecule has 2 heterocycles. The van der Waals surface area contributed by atoms with Gasteiger partial charge >= 0.3 is 6.03 Å². The molecular weight excluding hydrogens is 364 g/mol. The van der Waals surface area contributed by atoms with E-state index in [9.17, 15) is 4.79 Å². The van der Waals surface area contributed by atoms with E-state index in [0.717, 1.165) is 36.1 Å². The molecule has 0 bridgehead atoms. The van der Waals surface area contributed by atoms with E-state index in [1.807, 2.05) is 32.0 Å². The molecule has 27 heavy (non-hydrogen) atoms. The Morgan fingerprint density at radius 1 is 1.15 bits per heavy atom. The summed E-state index contributed by atoms with van der Waals surface area (Å²) in [4.78, 5) is 23.2. The maximum atomic E-state index is 12.0. The second kappa shape index (κ2) is 8.90. The van der Waals surface area contributed by atoms with Crippen molar-refractivity contribution in [1.82, 2.24) is 15.3 Å². The maximum absolute atomic E-state index is 12.0. The number of hydrogen-bond acceptors (Lipinski definition) is 5. The van der Waals surface area contributed by atoms with Crippen LogP contribution in [0.2, 0.25) is 5.02 Å². The van der Waals surface area contributed by atoms with E-state index in [1.165, 1.54) is 12.8 Å². The number of aryl methyl sites for hydroxylation is 2. The number of halogens is 1. The van der Waals surface area contributed by atoms with Gasteiger partial charge in [0.2, 0.25) is 0 Å². The number of rotatable bonds is 6. The van der Waals surface area contributed by atoms with E-state index in [-0.39, 0.29) is 6.03 Å². The Morgan fingerprint density at radius 2 is 1.93 bits per heavy atom. The van der Waals surface area contributed by atoms with Gasteiger partial charge in [0.1, 0.15) is 17.5 Å². The fraction of sp³-hybridized carbons (Fsp3) is 0.421. The SMILES string of the molecule is Cc1ccc(NC(=O)NCCNc2cc(N3CCCC3)nc(C)n2)c(Cl)c1. The lowest BCUT2D eigenvalue weighted by molar-refractivity contribution is 0.252. The molecule has 8 heteroatoms. The zero-order valence-corrected chi connectivity index (χ0v) is 16.4. The van der Waals surface area contributed by atoms with Crippen molar-refractivity contribution in [2.75, 3.05) is 41.7 Å². The highest BCUT2D eigenvalue weighted by molar-refractivity contribution is 6.33. The third-order valence-corrected chi connectivity index (χ3v) is 4.66. The summed E-state index contributed by atoms with van der Waals surface area (Å²) in [7, 11) is 0. The van der Waals surface area contributed by atoms with Gasteiger partial charge in [-0.15, -0.1) is 0 Å². The van der Waals surface area contributed by atoms with Crippen molar-refractivity contribution >= 4 is 35.0 Å². The first kappa shape index (κ1) is 19.2. The highest BCUT2D eigenvalue weighted by Crippen LogP contribution is 2.22. The lowest BCUT2D eigenvalue weighted by Gasteiger charge is -2.18. The third kappa shape index (κ3) is 5.47. The number of nitrogens with zero attached hydrogens (tertiary/aromatic N) is 3. The third-order valence-electron chi connectivity index (χ3n) is 4.34. The molecule has 3 rings (SSSR count). The van der Waals surface area contributed by atoms with E-state index >= 15 is 0 Å². The van der Waals surface area contributed by atoms with Gasteiger partial charge in [0.05, 0.1) is 10.7 Å². The predicted octanol–water partition coefficient (Wildman–Crippen LogP) is 3.58. The van der Waals surface area contributed by atoms with Crippen LogP contribution in [0, 0.1) is 13.8 Å². The quantitative estimate of drug-likeness (QED) is 0.659. The molecular formula is C19H25ClN6O. The van der Waals surface area contributed by atoms with Crippen LogP contribution < -0.4 is 20.9 Å². The molecule has 0 saturated carbocycles. The number of anilines is 3. The first-order valence-corrected chi connectivity index (χ1v) is 9.54. The second-order valence-electron chi connectivity index (χ2n) is 6.64. The fourth-order valence-corrected chi connectivity index (χ4v) is 3.29. The van der Waals surface area contributed by atoms with Crippen LogP contribution in [0.5, 0.6) is 0 Å². The summed E-state index contributed by atoms with van der Waals surface area (Å²) >= 11 is 6.13. The van der Waals surface area contributed by atoms with Crippen molar-refractivity contribution in [2.45, 2.75) is 26.7 Å². The summed E-state index contributed by atoms with van der Waals surface area (Å²) in [6.07, 6.45) is 2.41. The van der Waals surface area contributed by atoms with Crippen molar-refractivity contribution in [1.29, 1.82) is 0 Å². The van der Waals surface area contributed by atoms with Crippen LogP contribution in [0.3, 0.4) is 0 Å². The lowest BCUT2D eigenvalue weighted by atomic mass is 10.2. The Hall–Kier alpha value is -2.54. The fourth-order valence-electron chi connectivity index (χ4n) is 3.01. The molecule has 7 nitrogen and oxygen atoms in total. The van der Waals surface area contributed by atoms with Gasteiger partial charge in [-0.1, -0.05) is 17.7 Å². The summed E-state index contributed by atoms with van der Waals surface area (Å²) in [5.74, 6) is 2.47. The van der Waals surface area contributed by atoms with Crippen LogP contribution in [0.25, 0.3) is 0 Å². The molecule has 0 unspecified atom stereocenters. The number of carbonyl (C=O) groups is 1. The van der Waals surface area contributed by atoms with Gasteiger partial charge in [-0.2, -0.15) is 0 Å². The molecule has 1 fully saturated rings. The Labute approximate surface area is 164 Å². The Balaban J connectivity index is 1.46. The minimum atomic E-state index is -0.292. The molecule has 2 aromatic rings. The molecule has 0 radical (unpaired) electrons. The Bertz CT molecular complexity index is 807. The zero-order chi connectivity index (χ0) is 19.2. The molecule has 0 spiro atoms. The number of benzene rings is 1. The van der Waals surface area contributed by atoms with Crippen molar-refractivity contribution in [3.8, 4) is 0 Å². The van der Waals surface area contributed by atoms with Crippen molar-refractivity contribution < 1.29 is 4.79 Å². The number of urea groups is 1. The topological polar surface area (TPSA) is 82.2 Å². The predicted molar refractivity (Wildman–Crippen MR) is 110 cm³/mol. The van der Waals surface area contributed by atoms with Gasteiger partial charge in [0.15, 0.2) is 0 Å². The monoisotopic (exact) mass is 388 g/mol. The number of carbonyl (C=O) groups excluding carboxylic acids is 1. The number of aromatic nitrogens is 2. The molecule has 1 aromatic carbocycles. The van der Waals surface area contributed by atoms with E-state index < -0.39 is 0 Å². The standard InChI is InChI=1S/C19H25ClN6O/c1-13-5-6-16(15(20)11-13)25-19(27)22-8-7-21-17-12-18(24-14(2)23-17)26-9-3-4-10-26/h5-6,11-12H,3-4,7-10H2,1-2H3,(H,21,23,24)(H2,22,25,27). The van der Waals surface area contributed by atoms with Gasteiger partial charge < -0.3 is 20.9 Å². The van der Waals surface area contributed by atoms with Crippen molar-refractivity contribution in [2.24, 2.45) is 0 Å². The van der Waals surface area contributed by atoms with Crippen LogP contribution in [0.15, 0.2) is 24.3 Å². The van der Waals surface area contributed by atoms with Crippen LogP contribution in [0.4, 0.5) is 22.1 Å². The Morgan fingerprint density at radius 3 is 2.67 bits per heavy atom. The van der Waals surface area contributed by atoms with E-state index in [1.54, 1.807) is 6.07 Å². The molecule has 2 amide bonds. The molecule has 3 N–H and O–H groups in total. The summed E-state index contributed by atoms with van der Waals surface area (Å²) < 4.78 is 0. The largest absolute Gasteiger partial charge is 0.368 e. The normalized spacial score (nSPS) is 13.5. The second-order valence-corrected chi connectivity index (χ2v) is 7.05. The molecule has 1 saturated heterocycles. The van der Waals surface area contributed by atoms with Gasteiger partial charge in [0, 0.05) is 32.2 Å². The minimum absolute atomic E-state index is 0.292. The van der Waals surface area contributed by atoms with Crippen LogP contribution in [-0.4, -0.2) is 42.2 Å². The first-order valence-electron chi connectivity index (χ1n) is 9.17. The number of hydrogen-bond donors (Lipinski definition) is 3. The average molecular weight is 389 g/mol. The van der Waals surface area contributed by atoms with Gasteiger partial charge in [-0.3, -0.25) is 0 Å². The average Bonchev–Trinajstić information content (AvgIpc) is 3.15. The highest BCUT2D eigenvalue weighted by Gasteiger charge is 2.15. The van der Waals surface area contributed by atoms with Crippen molar-refractivity contribution in [3.63, 3.8) is 0 Å². The minimum Gasteiger partial charge on any atom is -0.368 e. The van der Waals surface area contributed by atoms with Gasteiger partial charge in [-0.25, -0.2) is 14.8 Å². The van der Waals surface area contributed by atoms with Crippen molar-refractivity contribution in [3.05, 3.63) is 40.7 Å². The summed E-state index contributed by atoms with van der Waals surface area (Å²) in [6.45, 7) is 6.94.